The van der Waals surface area contributed by atoms with E-state index in [9.17, 15) is 4.79 Å². The second kappa shape index (κ2) is 4.00. The van der Waals surface area contributed by atoms with Crippen LogP contribution in [0.4, 0.5) is 0 Å². The lowest BCUT2D eigenvalue weighted by Gasteiger charge is -2.14. The Morgan fingerprint density at radius 1 is 1.24 bits per heavy atom. The molecule has 1 aliphatic rings. The van der Waals surface area contributed by atoms with Crippen molar-refractivity contribution in [3.8, 4) is 5.82 Å². The van der Waals surface area contributed by atoms with Crippen molar-refractivity contribution in [3.05, 3.63) is 46.9 Å². The van der Waals surface area contributed by atoms with Gasteiger partial charge in [-0.15, -0.1) is 0 Å². The second-order valence-electron chi connectivity index (χ2n) is 4.16. The van der Waals surface area contributed by atoms with Crippen molar-refractivity contribution < 1.29 is 4.79 Å². The number of nitrogens with zero attached hydrogens (tertiary/aromatic N) is 2. The lowest BCUT2D eigenvalue weighted by Crippen LogP contribution is -2.12. The molecule has 0 aromatic carbocycles. The number of hydrogen-bond donors (Lipinski definition) is 0. The Kier molecular flexibility index (Phi) is 2.48. The highest BCUT2D eigenvalue weighted by molar-refractivity contribution is 6.30. The first-order valence-electron chi connectivity index (χ1n) is 5.61. The molecule has 0 spiro atoms. The maximum Gasteiger partial charge on any atom is 0.164 e. The summed E-state index contributed by atoms with van der Waals surface area (Å²) in [5, 5.41) is 0.617. The van der Waals surface area contributed by atoms with Crippen molar-refractivity contribution in [1.82, 2.24) is 9.55 Å². The van der Waals surface area contributed by atoms with E-state index in [0.717, 1.165) is 29.9 Å². The van der Waals surface area contributed by atoms with Gasteiger partial charge in [-0.1, -0.05) is 11.6 Å². The zero-order chi connectivity index (χ0) is 11.8. The minimum Gasteiger partial charge on any atom is -0.305 e. The zero-order valence-electron chi connectivity index (χ0n) is 9.19. The number of ketones is 1. The number of fused-ring (bicyclic) bond motifs is 1. The highest BCUT2D eigenvalue weighted by atomic mass is 35.5. The fourth-order valence-electron chi connectivity index (χ4n) is 2.25. The third-order valence-electron chi connectivity index (χ3n) is 3.07. The molecule has 86 valence electrons. The molecule has 0 N–H and O–H groups in total. The summed E-state index contributed by atoms with van der Waals surface area (Å²) in [6.45, 7) is 0. The summed E-state index contributed by atoms with van der Waals surface area (Å²) >= 11 is 5.81. The molecule has 0 atom stereocenters. The maximum absolute atomic E-state index is 11.7. The van der Waals surface area contributed by atoms with E-state index in [1.165, 1.54) is 0 Å². The van der Waals surface area contributed by atoms with Gasteiger partial charge in [0.15, 0.2) is 5.78 Å². The minimum atomic E-state index is 0.235. The first-order valence-corrected chi connectivity index (χ1v) is 5.99. The molecule has 1 aliphatic carbocycles. The van der Waals surface area contributed by atoms with Gasteiger partial charge in [-0.05, 0) is 31.0 Å². The van der Waals surface area contributed by atoms with E-state index in [0.29, 0.717) is 11.4 Å². The summed E-state index contributed by atoms with van der Waals surface area (Å²) in [5.41, 5.74) is 1.91. The zero-order valence-corrected chi connectivity index (χ0v) is 9.94. The van der Waals surface area contributed by atoms with Crippen molar-refractivity contribution >= 4 is 17.4 Å². The lowest BCUT2D eigenvalue weighted by atomic mass is 9.97. The van der Waals surface area contributed by atoms with Crippen LogP contribution >= 0.6 is 11.6 Å². The quantitative estimate of drug-likeness (QED) is 0.775. The van der Waals surface area contributed by atoms with Gasteiger partial charge in [0.1, 0.15) is 5.82 Å². The molecule has 0 saturated heterocycles. The van der Waals surface area contributed by atoms with Gasteiger partial charge in [-0.2, -0.15) is 0 Å². The summed E-state index contributed by atoms with van der Waals surface area (Å²) in [7, 11) is 0. The molecule has 4 heteroatoms. The van der Waals surface area contributed by atoms with Crippen molar-refractivity contribution in [2.24, 2.45) is 0 Å². The van der Waals surface area contributed by atoms with Crippen LogP contribution in [-0.2, 0) is 6.42 Å². The topological polar surface area (TPSA) is 34.9 Å². The molecule has 0 radical (unpaired) electrons. The maximum atomic E-state index is 11.7. The molecule has 2 heterocycles. The Labute approximate surface area is 104 Å². The first-order chi connectivity index (χ1) is 8.25. The Morgan fingerprint density at radius 2 is 2.12 bits per heavy atom. The number of carbonyl (C=O) groups excluding carboxylic acids is 1. The van der Waals surface area contributed by atoms with Crippen molar-refractivity contribution in [3.63, 3.8) is 0 Å². The van der Waals surface area contributed by atoms with Crippen LogP contribution in [0.5, 0.6) is 0 Å². The average molecular weight is 247 g/mol. The SMILES string of the molecule is O=C1CCCc2c1ccn2-c1ccc(Cl)cn1. The van der Waals surface area contributed by atoms with Gasteiger partial charge in [-0.25, -0.2) is 4.98 Å². The lowest BCUT2D eigenvalue weighted by molar-refractivity contribution is 0.0972. The molecular weight excluding hydrogens is 236 g/mol. The van der Waals surface area contributed by atoms with Crippen molar-refractivity contribution in [1.29, 1.82) is 0 Å². The molecule has 0 bridgehead atoms. The molecule has 0 unspecified atom stereocenters. The third kappa shape index (κ3) is 1.76. The van der Waals surface area contributed by atoms with Gasteiger partial charge in [-0.3, -0.25) is 4.79 Å². The number of aromatic nitrogens is 2. The van der Waals surface area contributed by atoms with Gasteiger partial charge in [0.25, 0.3) is 0 Å². The molecular formula is C13H11ClN2O. The summed E-state index contributed by atoms with van der Waals surface area (Å²) < 4.78 is 1.97. The highest BCUT2D eigenvalue weighted by Crippen LogP contribution is 2.24. The van der Waals surface area contributed by atoms with Gasteiger partial charge in [0.05, 0.1) is 5.02 Å². The molecule has 17 heavy (non-hydrogen) atoms. The molecule has 0 amide bonds. The minimum absolute atomic E-state index is 0.235. The van der Waals surface area contributed by atoms with Gasteiger partial charge in [0.2, 0.25) is 0 Å². The van der Waals surface area contributed by atoms with Crippen molar-refractivity contribution in [2.45, 2.75) is 19.3 Å². The number of Topliss-reactive ketones (excluding diaryl/α,β-unsaturated/α-hetero) is 1. The monoisotopic (exact) mass is 246 g/mol. The van der Waals surface area contributed by atoms with Crippen LogP contribution in [0, 0.1) is 0 Å². The molecule has 0 fully saturated rings. The van der Waals surface area contributed by atoms with Gasteiger partial charge >= 0.3 is 0 Å². The van der Waals surface area contributed by atoms with Gasteiger partial charge < -0.3 is 4.57 Å². The number of carbonyl (C=O) groups is 1. The third-order valence-corrected chi connectivity index (χ3v) is 3.29. The molecule has 0 aliphatic heterocycles. The summed E-state index contributed by atoms with van der Waals surface area (Å²) in [6, 6.07) is 5.55. The van der Waals surface area contributed by atoms with E-state index in [-0.39, 0.29) is 5.78 Å². The summed E-state index contributed by atoms with van der Waals surface area (Å²) in [5.74, 6) is 1.05. The Morgan fingerprint density at radius 3 is 2.88 bits per heavy atom. The number of rotatable bonds is 1. The Hall–Kier alpha value is -1.61. The normalized spacial score (nSPS) is 14.8. The van der Waals surface area contributed by atoms with Crippen LogP contribution in [-0.4, -0.2) is 15.3 Å². The summed E-state index contributed by atoms with van der Waals surface area (Å²) in [4.78, 5) is 16.0. The van der Waals surface area contributed by atoms with Crippen LogP contribution in [0.3, 0.4) is 0 Å². The molecule has 2 aromatic heterocycles. The summed E-state index contributed by atoms with van der Waals surface area (Å²) in [6.07, 6.45) is 6.03. The Balaban J connectivity index is 2.10. The van der Waals surface area contributed by atoms with E-state index in [4.69, 9.17) is 11.6 Å². The van der Waals surface area contributed by atoms with Crippen LogP contribution < -0.4 is 0 Å². The van der Waals surface area contributed by atoms with E-state index in [1.807, 2.05) is 22.9 Å². The standard InChI is InChI=1S/C13H11ClN2O/c14-9-4-5-13(15-8-9)16-7-6-10-11(16)2-1-3-12(10)17/h4-8H,1-3H2. The number of halogens is 1. The average Bonchev–Trinajstić information content (AvgIpc) is 2.75. The first kappa shape index (κ1) is 10.5. The van der Waals surface area contributed by atoms with Crippen LogP contribution in [0.15, 0.2) is 30.6 Å². The van der Waals surface area contributed by atoms with Crippen LogP contribution in [0.25, 0.3) is 5.82 Å². The second-order valence-corrected chi connectivity index (χ2v) is 4.59. The van der Waals surface area contributed by atoms with E-state index in [1.54, 1.807) is 12.3 Å². The fourth-order valence-corrected chi connectivity index (χ4v) is 2.36. The highest BCUT2D eigenvalue weighted by Gasteiger charge is 2.21. The number of hydrogen-bond acceptors (Lipinski definition) is 2. The van der Waals surface area contributed by atoms with Crippen LogP contribution in [0.2, 0.25) is 5.02 Å². The smallest absolute Gasteiger partial charge is 0.164 e. The number of pyridine rings is 1. The van der Waals surface area contributed by atoms with E-state index < -0.39 is 0 Å². The molecule has 2 aromatic rings. The van der Waals surface area contributed by atoms with Crippen molar-refractivity contribution in [2.75, 3.05) is 0 Å². The van der Waals surface area contributed by atoms with E-state index >= 15 is 0 Å². The Bertz CT molecular complexity index is 572. The molecule has 3 rings (SSSR count). The van der Waals surface area contributed by atoms with Gasteiger partial charge in [0, 0.05) is 30.1 Å². The largest absolute Gasteiger partial charge is 0.305 e. The fraction of sp³-hybridized carbons (Fsp3) is 0.231. The van der Waals surface area contributed by atoms with Crippen LogP contribution in [0.1, 0.15) is 28.9 Å². The predicted octanol–water partition coefficient (Wildman–Crippen LogP) is 3.04. The van der Waals surface area contributed by atoms with E-state index in [2.05, 4.69) is 4.98 Å². The molecule has 3 nitrogen and oxygen atoms in total. The molecule has 0 saturated carbocycles. The predicted molar refractivity (Wildman–Crippen MR) is 65.8 cm³/mol.